The van der Waals surface area contributed by atoms with Gasteiger partial charge in [-0.05, 0) is 59.8 Å². The number of Topliss-reactive ketones (excluding diaryl/α,β-unsaturated/α-hetero) is 2. The molecule has 1 aliphatic heterocycles. The topological polar surface area (TPSA) is 87.7 Å². The van der Waals surface area contributed by atoms with Crippen LogP contribution >= 0.6 is 0 Å². The van der Waals surface area contributed by atoms with Crippen molar-refractivity contribution < 1.29 is 19.1 Å². The van der Waals surface area contributed by atoms with Gasteiger partial charge in [0.1, 0.15) is 6.61 Å². The molecule has 0 saturated carbocycles. The van der Waals surface area contributed by atoms with Gasteiger partial charge in [0, 0.05) is 25.6 Å². The first-order valence-corrected chi connectivity index (χ1v) is 11.5. The zero-order valence-corrected chi connectivity index (χ0v) is 20.5. The second-order valence-electron chi connectivity index (χ2n) is 9.72. The van der Waals surface area contributed by atoms with Gasteiger partial charge in [-0.2, -0.15) is 0 Å². The fourth-order valence-electron chi connectivity index (χ4n) is 4.09. The zero-order chi connectivity index (χ0) is 23.7. The van der Waals surface area contributed by atoms with Crippen molar-refractivity contribution in [3.63, 3.8) is 0 Å². The van der Waals surface area contributed by atoms with Crippen LogP contribution in [0, 0.1) is 5.92 Å². The minimum Gasteiger partial charge on any atom is -0.445 e. The number of cyclic esters (lactones) is 1. The molecule has 1 amide bonds. The standard InChI is InChI=1S/C24H43N3O4/c1-18(2)21(29)24(6)13-10-8-9-11-16-31-22(30)27(7)15-12-14-23(5,26-19(3)4)20(28)17-25-24/h9,11,18-19,25-26H,8,10,12-17H2,1-7H3/b11-9+/t23-,24-/m0/s1. The minimum absolute atomic E-state index is 0.0263. The number of allylic oxidation sites excluding steroid dienone is 1. The van der Waals surface area contributed by atoms with E-state index < -0.39 is 11.1 Å². The first-order valence-electron chi connectivity index (χ1n) is 11.5. The van der Waals surface area contributed by atoms with Crippen LogP contribution in [-0.4, -0.2) is 66.4 Å². The van der Waals surface area contributed by atoms with E-state index in [2.05, 4.69) is 10.6 Å². The Balaban J connectivity index is 3.09. The summed E-state index contributed by atoms with van der Waals surface area (Å²) in [5.41, 5.74) is -1.50. The second-order valence-corrected chi connectivity index (χ2v) is 9.72. The Morgan fingerprint density at radius 2 is 1.81 bits per heavy atom. The summed E-state index contributed by atoms with van der Waals surface area (Å²) in [6.07, 6.45) is 6.89. The lowest BCUT2D eigenvalue weighted by Crippen LogP contribution is -2.59. The van der Waals surface area contributed by atoms with E-state index in [0.29, 0.717) is 25.8 Å². The maximum Gasteiger partial charge on any atom is 0.409 e. The highest BCUT2D eigenvalue weighted by atomic mass is 16.6. The highest BCUT2D eigenvalue weighted by Gasteiger charge is 2.38. The molecular formula is C24H43N3O4. The number of carbonyl (C=O) groups excluding carboxylic acids is 3. The molecule has 0 spiro atoms. The lowest BCUT2D eigenvalue weighted by atomic mass is 9.83. The van der Waals surface area contributed by atoms with Crippen molar-refractivity contribution in [2.45, 2.75) is 90.8 Å². The van der Waals surface area contributed by atoms with Crippen molar-refractivity contribution in [2.24, 2.45) is 5.92 Å². The van der Waals surface area contributed by atoms with Crippen LogP contribution in [0.2, 0.25) is 0 Å². The molecule has 178 valence electrons. The average Bonchev–Trinajstić information content (AvgIpc) is 2.69. The number of hydrogen-bond donors (Lipinski definition) is 2. The minimum atomic E-state index is -0.753. The smallest absolute Gasteiger partial charge is 0.409 e. The van der Waals surface area contributed by atoms with E-state index in [1.54, 1.807) is 11.9 Å². The van der Waals surface area contributed by atoms with Crippen molar-refractivity contribution in [3.05, 3.63) is 12.2 Å². The van der Waals surface area contributed by atoms with E-state index in [9.17, 15) is 14.4 Å². The summed E-state index contributed by atoms with van der Waals surface area (Å²) < 4.78 is 5.28. The Morgan fingerprint density at radius 1 is 1.13 bits per heavy atom. The molecule has 1 aliphatic rings. The van der Waals surface area contributed by atoms with Crippen molar-refractivity contribution >= 4 is 17.7 Å². The summed E-state index contributed by atoms with van der Waals surface area (Å²) in [6.45, 7) is 12.5. The Morgan fingerprint density at radius 3 is 2.42 bits per heavy atom. The van der Waals surface area contributed by atoms with E-state index in [0.717, 1.165) is 12.8 Å². The summed E-state index contributed by atoms with van der Waals surface area (Å²) in [6, 6.07) is 0.125. The van der Waals surface area contributed by atoms with Crippen LogP contribution in [0.1, 0.15) is 73.6 Å². The van der Waals surface area contributed by atoms with E-state index >= 15 is 0 Å². The first-order chi connectivity index (χ1) is 14.4. The summed E-state index contributed by atoms with van der Waals surface area (Å²) in [7, 11) is 1.71. The van der Waals surface area contributed by atoms with Crippen molar-refractivity contribution in [1.82, 2.24) is 15.5 Å². The summed E-state index contributed by atoms with van der Waals surface area (Å²) in [4.78, 5) is 39.9. The summed E-state index contributed by atoms with van der Waals surface area (Å²) in [5.74, 6) is 0.0297. The van der Waals surface area contributed by atoms with Crippen LogP contribution in [0.25, 0.3) is 0 Å². The van der Waals surface area contributed by atoms with Crippen molar-refractivity contribution in [3.8, 4) is 0 Å². The molecule has 2 atom stereocenters. The predicted molar refractivity (Wildman–Crippen MR) is 124 cm³/mol. The van der Waals surface area contributed by atoms with E-state index in [-0.39, 0.29) is 42.8 Å². The number of rotatable bonds is 4. The molecule has 0 unspecified atom stereocenters. The third kappa shape index (κ3) is 8.73. The highest BCUT2D eigenvalue weighted by Crippen LogP contribution is 2.22. The van der Waals surface area contributed by atoms with Gasteiger partial charge in [0.05, 0.1) is 17.6 Å². The van der Waals surface area contributed by atoms with Gasteiger partial charge < -0.3 is 15.0 Å². The highest BCUT2D eigenvalue weighted by molar-refractivity contribution is 5.93. The van der Waals surface area contributed by atoms with Crippen LogP contribution in [-0.2, 0) is 14.3 Å². The van der Waals surface area contributed by atoms with Gasteiger partial charge in [-0.25, -0.2) is 4.79 Å². The maximum absolute atomic E-state index is 13.3. The Bertz CT molecular complexity index is 647. The van der Waals surface area contributed by atoms with Crippen LogP contribution < -0.4 is 10.6 Å². The molecule has 0 aromatic rings. The van der Waals surface area contributed by atoms with Crippen LogP contribution in [0.3, 0.4) is 0 Å². The first kappa shape index (κ1) is 27.3. The molecule has 0 radical (unpaired) electrons. The number of amides is 1. The zero-order valence-electron chi connectivity index (χ0n) is 20.5. The van der Waals surface area contributed by atoms with Crippen LogP contribution in [0.4, 0.5) is 4.79 Å². The van der Waals surface area contributed by atoms with Crippen molar-refractivity contribution in [2.75, 3.05) is 26.7 Å². The molecule has 0 aromatic carbocycles. The Labute approximate surface area is 188 Å². The van der Waals surface area contributed by atoms with Crippen LogP contribution in [0.15, 0.2) is 12.2 Å². The van der Waals surface area contributed by atoms with E-state index in [1.807, 2.05) is 53.7 Å². The maximum atomic E-state index is 13.3. The molecule has 0 saturated heterocycles. The molecule has 7 nitrogen and oxygen atoms in total. The molecule has 1 heterocycles. The molecule has 7 heteroatoms. The monoisotopic (exact) mass is 437 g/mol. The Hall–Kier alpha value is -1.73. The number of carbonyl (C=O) groups is 3. The van der Waals surface area contributed by atoms with Gasteiger partial charge in [-0.15, -0.1) is 0 Å². The summed E-state index contributed by atoms with van der Waals surface area (Å²) >= 11 is 0. The lowest BCUT2D eigenvalue weighted by Gasteiger charge is -2.35. The van der Waals surface area contributed by atoms with Gasteiger partial charge >= 0.3 is 6.09 Å². The second kappa shape index (κ2) is 12.3. The third-order valence-electron chi connectivity index (χ3n) is 5.93. The third-order valence-corrected chi connectivity index (χ3v) is 5.93. The number of nitrogens with one attached hydrogen (secondary N) is 2. The van der Waals surface area contributed by atoms with E-state index in [1.165, 1.54) is 0 Å². The quantitative estimate of drug-likeness (QED) is 0.655. The fourth-order valence-corrected chi connectivity index (χ4v) is 4.09. The normalized spacial score (nSPS) is 29.0. The van der Waals surface area contributed by atoms with Gasteiger partial charge in [0.25, 0.3) is 0 Å². The SMILES string of the molecule is CC(C)N[C@@]1(C)CCCN(C)C(=O)OC/C=C/CCC[C@@](C)(C(=O)C(C)C)NCC1=O. The largest absolute Gasteiger partial charge is 0.445 e. The Kier molecular flexibility index (Phi) is 10.9. The number of ether oxygens (including phenoxy) is 1. The van der Waals surface area contributed by atoms with Gasteiger partial charge in [0.2, 0.25) is 0 Å². The van der Waals surface area contributed by atoms with Gasteiger partial charge in [0.15, 0.2) is 11.6 Å². The molecule has 1 rings (SSSR count). The molecule has 31 heavy (non-hydrogen) atoms. The number of nitrogens with zero attached hydrogens (tertiary/aromatic N) is 1. The fraction of sp³-hybridized carbons (Fsp3) is 0.792. The molecule has 2 N–H and O–H groups in total. The molecule has 0 fully saturated rings. The summed E-state index contributed by atoms with van der Waals surface area (Å²) in [5, 5.41) is 6.72. The van der Waals surface area contributed by atoms with Gasteiger partial charge in [-0.1, -0.05) is 26.0 Å². The van der Waals surface area contributed by atoms with Crippen molar-refractivity contribution in [1.29, 1.82) is 0 Å². The predicted octanol–water partition coefficient (Wildman–Crippen LogP) is 3.47. The van der Waals surface area contributed by atoms with Gasteiger partial charge in [-0.3, -0.25) is 14.9 Å². The molecular weight excluding hydrogens is 394 g/mol. The molecule has 0 aliphatic carbocycles. The number of ketones is 2. The average molecular weight is 438 g/mol. The van der Waals surface area contributed by atoms with Crippen LogP contribution in [0.5, 0.6) is 0 Å². The molecule has 0 aromatic heterocycles. The van der Waals surface area contributed by atoms with E-state index in [4.69, 9.17) is 4.74 Å². The number of hydrogen-bond acceptors (Lipinski definition) is 6. The lowest BCUT2D eigenvalue weighted by molar-refractivity contribution is -0.129. The molecule has 0 bridgehead atoms.